The van der Waals surface area contributed by atoms with Crippen molar-refractivity contribution in [1.29, 1.82) is 0 Å². The van der Waals surface area contributed by atoms with Crippen LogP contribution in [-0.2, 0) is 4.79 Å². The lowest BCUT2D eigenvalue weighted by molar-refractivity contribution is -0.116. The normalized spacial score (nSPS) is 9.69. The van der Waals surface area contributed by atoms with Gasteiger partial charge in [0.25, 0.3) is 5.91 Å². The van der Waals surface area contributed by atoms with Gasteiger partial charge in [-0.1, -0.05) is 0 Å². The first-order valence-electron chi connectivity index (χ1n) is 4.65. The maximum absolute atomic E-state index is 11.6. The van der Waals surface area contributed by atoms with E-state index in [0.717, 1.165) is 0 Å². The number of methoxy groups -OCH3 is 1. The van der Waals surface area contributed by atoms with Gasteiger partial charge in [-0.15, -0.1) is 0 Å². The van der Waals surface area contributed by atoms with Crippen molar-refractivity contribution in [2.24, 2.45) is 0 Å². The summed E-state index contributed by atoms with van der Waals surface area (Å²) >= 11 is 3.28. The van der Waals surface area contributed by atoms with Crippen molar-refractivity contribution in [3.63, 3.8) is 0 Å². The Morgan fingerprint density at radius 2 is 2.12 bits per heavy atom. The summed E-state index contributed by atoms with van der Waals surface area (Å²) in [7, 11) is 1.55. The van der Waals surface area contributed by atoms with Crippen molar-refractivity contribution >= 4 is 27.6 Å². The summed E-state index contributed by atoms with van der Waals surface area (Å²) in [5.74, 6) is 0.294. The smallest absolute Gasteiger partial charge is 0.251 e. The first-order chi connectivity index (χ1) is 7.54. The lowest BCUT2D eigenvalue weighted by Crippen LogP contribution is -2.28. The van der Waals surface area contributed by atoms with Crippen LogP contribution in [0, 0.1) is 0 Å². The molecule has 0 spiro atoms. The Morgan fingerprint density at radius 1 is 1.44 bits per heavy atom. The molecule has 0 aromatic heterocycles. The van der Waals surface area contributed by atoms with E-state index < -0.39 is 0 Å². The molecule has 0 unspecified atom stereocenters. The zero-order valence-corrected chi connectivity index (χ0v) is 10.6. The highest BCUT2D eigenvalue weighted by Gasteiger charge is 2.08. The molecule has 0 heterocycles. The second-order valence-corrected chi connectivity index (χ2v) is 4.09. The van der Waals surface area contributed by atoms with E-state index in [4.69, 9.17) is 4.74 Å². The molecule has 0 saturated carbocycles. The molecule has 16 heavy (non-hydrogen) atoms. The Morgan fingerprint density at radius 3 is 2.62 bits per heavy atom. The second-order valence-electron chi connectivity index (χ2n) is 3.23. The summed E-state index contributed by atoms with van der Waals surface area (Å²) in [4.78, 5) is 22.3. The number of hydrogen-bond donors (Lipinski definition) is 1. The summed E-state index contributed by atoms with van der Waals surface area (Å²) in [6.45, 7) is 1.46. The van der Waals surface area contributed by atoms with Crippen molar-refractivity contribution in [2.45, 2.75) is 6.92 Å². The molecule has 0 bridgehead atoms. The molecule has 0 atom stereocenters. The molecule has 1 aromatic carbocycles. The van der Waals surface area contributed by atoms with E-state index in [9.17, 15) is 9.59 Å². The van der Waals surface area contributed by atoms with Crippen LogP contribution in [0.4, 0.5) is 0 Å². The van der Waals surface area contributed by atoms with Crippen molar-refractivity contribution in [3.05, 3.63) is 28.2 Å². The van der Waals surface area contributed by atoms with E-state index in [1.165, 1.54) is 6.92 Å². The van der Waals surface area contributed by atoms with Crippen molar-refractivity contribution in [2.75, 3.05) is 13.7 Å². The molecular weight excluding hydrogens is 274 g/mol. The monoisotopic (exact) mass is 285 g/mol. The number of nitrogens with one attached hydrogen (secondary N) is 1. The van der Waals surface area contributed by atoms with Crippen LogP contribution in [0.15, 0.2) is 22.7 Å². The molecule has 5 heteroatoms. The Kier molecular flexibility index (Phi) is 4.49. The minimum atomic E-state index is -0.279. The molecule has 0 saturated heterocycles. The maximum Gasteiger partial charge on any atom is 0.251 e. The number of hydrogen-bond acceptors (Lipinski definition) is 3. The number of halogens is 1. The molecule has 4 nitrogen and oxygen atoms in total. The molecular formula is C11H12BrNO3. The number of carbonyl (C=O) groups is 2. The third-order valence-electron chi connectivity index (χ3n) is 1.91. The highest BCUT2D eigenvalue weighted by Crippen LogP contribution is 2.25. The Balaban J connectivity index is 2.77. The predicted molar refractivity (Wildman–Crippen MR) is 63.7 cm³/mol. The van der Waals surface area contributed by atoms with Crippen LogP contribution in [0.1, 0.15) is 17.3 Å². The number of ether oxygens (including phenoxy) is 1. The topological polar surface area (TPSA) is 55.4 Å². The Labute approximate surface area is 102 Å². The fourth-order valence-corrected chi connectivity index (χ4v) is 1.66. The number of ketones is 1. The minimum absolute atomic E-state index is 0.0441. The third-order valence-corrected chi connectivity index (χ3v) is 2.53. The van der Waals surface area contributed by atoms with Gasteiger partial charge in [-0.25, -0.2) is 0 Å². The van der Waals surface area contributed by atoms with Crippen LogP contribution < -0.4 is 10.1 Å². The van der Waals surface area contributed by atoms with Gasteiger partial charge < -0.3 is 10.1 Å². The van der Waals surface area contributed by atoms with Gasteiger partial charge in [0.15, 0.2) is 0 Å². The molecule has 86 valence electrons. The van der Waals surface area contributed by atoms with Crippen LogP contribution in [0.2, 0.25) is 0 Å². The van der Waals surface area contributed by atoms with Crippen LogP contribution in [0.3, 0.4) is 0 Å². The van der Waals surface area contributed by atoms with Crippen molar-refractivity contribution in [1.82, 2.24) is 5.32 Å². The largest absolute Gasteiger partial charge is 0.496 e. The molecule has 0 aliphatic heterocycles. The lowest BCUT2D eigenvalue weighted by atomic mass is 10.2. The lowest BCUT2D eigenvalue weighted by Gasteiger charge is -2.06. The molecule has 1 N–H and O–H groups in total. The summed E-state index contributed by atoms with van der Waals surface area (Å²) in [5, 5.41) is 2.51. The van der Waals surface area contributed by atoms with Gasteiger partial charge in [-0.05, 0) is 41.1 Å². The fourth-order valence-electron chi connectivity index (χ4n) is 1.11. The SMILES string of the molecule is COc1ccc(C(=O)NCC(C)=O)cc1Br. The Bertz CT molecular complexity index is 418. The zero-order valence-electron chi connectivity index (χ0n) is 9.04. The molecule has 0 fully saturated rings. The summed E-state index contributed by atoms with van der Waals surface area (Å²) in [6.07, 6.45) is 0. The predicted octanol–water partition coefficient (Wildman–Crippen LogP) is 1.78. The molecule has 1 rings (SSSR count). The standard InChI is InChI=1S/C11H12BrNO3/c1-7(14)6-13-11(15)8-3-4-10(16-2)9(12)5-8/h3-5H,6H2,1-2H3,(H,13,15). The van der Waals surface area contributed by atoms with Crippen LogP contribution in [0.25, 0.3) is 0 Å². The number of amides is 1. The molecule has 0 aliphatic rings. The number of rotatable bonds is 4. The van der Waals surface area contributed by atoms with Gasteiger partial charge in [0.1, 0.15) is 11.5 Å². The third kappa shape index (κ3) is 3.34. The van der Waals surface area contributed by atoms with E-state index in [1.807, 2.05) is 0 Å². The average molecular weight is 286 g/mol. The van der Waals surface area contributed by atoms with Crippen molar-refractivity contribution < 1.29 is 14.3 Å². The van der Waals surface area contributed by atoms with Gasteiger partial charge in [0.05, 0.1) is 18.1 Å². The van der Waals surface area contributed by atoms with Crippen molar-refractivity contribution in [3.8, 4) is 5.75 Å². The number of carbonyl (C=O) groups excluding carboxylic acids is 2. The molecule has 0 aliphatic carbocycles. The number of benzene rings is 1. The van der Waals surface area contributed by atoms with Gasteiger partial charge in [0, 0.05) is 5.56 Å². The van der Waals surface area contributed by atoms with Crippen LogP contribution >= 0.6 is 15.9 Å². The van der Waals surface area contributed by atoms with Gasteiger partial charge in [-0.2, -0.15) is 0 Å². The highest BCUT2D eigenvalue weighted by atomic mass is 79.9. The van der Waals surface area contributed by atoms with E-state index in [2.05, 4.69) is 21.2 Å². The van der Waals surface area contributed by atoms with E-state index in [-0.39, 0.29) is 18.2 Å². The number of Topliss-reactive ketones (excluding diaryl/α,β-unsaturated/α-hetero) is 1. The van der Waals surface area contributed by atoms with Gasteiger partial charge in [0.2, 0.25) is 0 Å². The Hall–Kier alpha value is -1.36. The van der Waals surface area contributed by atoms with E-state index >= 15 is 0 Å². The maximum atomic E-state index is 11.6. The summed E-state index contributed by atoms with van der Waals surface area (Å²) < 4.78 is 5.74. The zero-order chi connectivity index (χ0) is 12.1. The molecule has 1 amide bonds. The van der Waals surface area contributed by atoms with E-state index in [1.54, 1.807) is 25.3 Å². The first-order valence-corrected chi connectivity index (χ1v) is 5.45. The molecule has 1 aromatic rings. The summed E-state index contributed by atoms with van der Waals surface area (Å²) in [5.41, 5.74) is 0.480. The van der Waals surface area contributed by atoms with Crippen LogP contribution in [0.5, 0.6) is 5.75 Å². The quantitative estimate of drug-likeness (QED) is 0.917. The highest BCUT2D eigenvalue weighted by molar-refractivity contribution is 9.10. The second kappa shape index (κ2) is 5.65. The van der Waals surface area contributed by atoms with Crippen LogP contribution in [-0.4, -0.2) is 25.3 Å². The van der Waals surface area contributed by atoms with Gasteiger partial charge >= 0.3 is 0 Å². The minimum Gasteiger partial charge on any atom is -0.496 e. The van der Waals surface area contributed by atoms with E-state index in [0.29, 0.717) is 15.8 Å². The fraction of sp³-hybridized carbons (Fsp3) is 0.273. The first kappa shape index (κ1) is 12.7. The summed E-state index contributed by atoms with van der Waals surface area (Å²) in [6, 6.07) is 4.97. The van der Waals surface area contributed by atoms with Gasteiger partial charge in [-0.3, -0.25) is 9.59 Å². The molecule has 0 radical (unpaired) electrons. The average Bonchev–Trinajstić information content (AvgIpc) is 2.25.